The summed E-state index contributed by atoms with van der Waals surface area (Å²) >= 11 is 0. The van der Waals surface area contributed by atoms with Gasteiger partial charge in [0.15, 0.2) is 0 Å². The van der Waals surface area contributed by atoms with E-state index in [9.17, 15) is 9.59 Å². The van der Waals surface area contributed by atoms with E-state index in [0.29, 0.717) is 24.9 Å². The summed E-state index contributed by atoms with van der Waals surface area (Å²) in [6, 6.07) is 7.51. The van der Waals surface area contributed by atoms with Gasteiger partial charge in [-0.3, -0.25) is 14.5 Å². The molecule has 110 valence electrons. The standard InChI is InChI=1S/C17H19NO3/c19-10-4-6-12-5-3-7-13(11-12)18-16(20)14-8-1-2-9-15(14)17(18)21/h1-3,5,7,11,14-15,19H,4,6,8-10H2. The zero-order valence-corrected chi connectivity index (χ0v) is 11.9. The third-order valence-electron chi connectivity index (χ3n) is 4.30. The number of benzene rings is 1. The number of carbonyl (C=O) groups excluding carboxylic acids is 2. The fourth-order valence-electron chi connectivity index (χ4n) is 3.19. The van der Waals surface area contributed by atoms with E-state index < -0.39 is 0 Å². The number of allylic oxidation sites excluding steroid dienone is 2. The lowest BCUT2D eigenvalue weighted by Gasteiger charge is -2.15. The molecular weight excluding hydrogens is 266 g/mol. The zero-order valence-electron chi connectivity index (χ0n) is 11.9. The average Bonchev–Trinajstić information content (AvgIpc) is 2.78. The van der Waals surface area contributed by atoms with Gasteiger partial charge in [-0.2, -0.15) is 0 Å². The highest BCUT2D eigenvalue weighted by molar-refractivity contribution is 6.22. The number of hydrogen-bond acceptors (Lipinski definition) is 3. The van der Waals surface area contributed by atoms with Crippen LogP contribution in [-0.2, 0) is 16.0 Å². The molecule has 1 aliphatic heterocycles. The van der Waals surface area contributed by atoms with Gasteiger partial charge in [0.2, 0.25) is 11.8 Å². The molecule has 1 aromatic carbocycles. The van der Waals surface area contributed by atoms with Crippen LogP contribution in [0.1, 0.15) is 24.8 Å². The molecule has 4 heteroatoms. The number of imide groups is 1. The molecule has 1 N–H and O–H groups in total. The predicted octanol–water partition coefficient (Wildman–Crippen LogP) is 2.07. The first-order chi connectivity index (χ1) is 10.2. The first kappa shape index (κ1) is 14.0. The molecule has 2 atom stereocenters. The van der Waals surface area contributed by atoms with E-state index in [0.717, 1.165) is 12.0 Å². The molecular formula is C17H19NO3. The Morgan fingerprint density at radius 1 is 1.10 bits per heavy atom. The fraction of sp³-hybridized carbons (Fsp3) is 0.412. The van der Waals surface area contributed by atoms with Crippen molar-refractivity contribution in [2.24, 2.45) is 11.8 Å². The SMILES string of the molecule is O=C1C2CC=CCC2C(=O)N1c1cccc(CCCO)c1. The van der Waals surface area contributed by atoms with Crippen molar-refractivity contribution >= 4 is 17.5 Å². The van der Waals surface area contributed by atoms with Gasteiger partial charge in [0.05, 0.1) is 17.5 Å². The van der Waals surface area contributed by atoms with Crippen LogP contribution in [0.4, 0.5) is 5.69 Å². The first-order valence-electron chi connectivity index (χ1n) is 7.45. The third kappa shape index (κ3) is 2.51. The van der Waals surface area contributed by atoms with Crippen molar-refractivity contribution in [3.8, 4) is 0 Å². The van der Waals surface area contributed by atoms with Gasteiger partial charge in [0, 0.05) is 6.61 Å². The van der Waals surface area contributed by atoms with Crippen LogP contribution in [0.15, 0.2) is 36.4 Å². The third-order valence-corrected chi connectivity index (χ3v) is 4.30. The number of rotatable bonds is 4. The van der Waals surface area contributed by atoms with E-state index in [4.69, 9.17) is 5.11 Å². The van der Waals surface area contributed by atoms with Crippen LogP contribution in [0.25, 0.3) is 0 Å². The molecule has 0 saturated carbocycles. The van der Waals surface area contributed by atoms with Gasteiger partial charge >= 0.3 is 0 Å². The van der Waals surface area contributed by atoms with Gasteiger partial charge in [-0.05, 0) is 43.4 Å². The van der Waals surface area contributed by atoms with Crippen LogP contribution in [0.3, 0.4) is 0 Å². The molecule has 0 radical (unpaired) electrons. The number of nitrogens with zero attached hydrogens (tertiary/aromatic N) is 1. The molecule has 0 aromatic heterocycles. The molecule has 0 bridgehead atoms. The molecule has 3 rings (SSSR count). The lowest BCUT2D eigenvalue weighted by Crippen LogP contribution is -2.30. The fourth-order valence-corrected chi connectivity index (χ4v) is 3.19. The van der Waals surface area contributed by atoms with E-state index in [1.807, 2.05) is 36.4 Å². The Balaban J connectivity index is 1.86. The molecule has 1 fully saturated rings. The molecule has 2 aliphatic rings. The topological polar surface area (TPSA) is 57.6 Å². The van der Waals surface area contributed by atoms with E-state index >= 15 is 0 Å². The Morgan fingerprint density at radius 3 is 2.38 bits per heavy atom. The van der Waals surface area contributed by atoms with Crippen molar-refractivity contribution in [2.45, 2.75) is 25.7 Å². The van der Waals surface area contributed by atoms with Crippen LogP contribution in [0.2, 0.25) is 0 Å². The minimum atomic E-state index is -0.191. The molecule has 1 aromatic rings. The minimum Gasteiger partial charge on any atom is -0.396 e. The van der Waals surface area contributed by atoms with E-state index in [1.54, 1.807) is 0 Å². The summed E-state index contributed by atoms with van der Waals surface area (Å²) in [6.45, 7) is 0.140. The number of hydrogen-bond donors (Lipinski definition) is 1. The lowest BCUT2D eigenvalue weighted by molar-refractivity contribution is -0.122. The van der Waals surface area contributed by atoms with E-state index in [2.05, 4.69) is 0 Å². The highest BCUT2D eigenvalue weighted by atomic mass is 16.3. The Kier molecular flexibility index (Phi) is 3.88. The number of amides is 2. The summed E-state index contributed by atoms with van der Waals surface area (Å²) in [5, 5.41) is 8.91. The Hall–Kier alpha value is -1.94. The first-order valence-corrected chi connectivity index (χ1v) is 7.45. The summed E-state index contributed by atoms with van der Waals surface area (Å²) in [4.78, 5) is 26.4. The van der Waals surface area contributed by atoms with E-state index in [-0.39, 0.29) is 30.3 Å². The van der Waals surface area contributed by atoms with Crippen molar-refractivity contribution in [3.63, 3.8) is 0 Å². The average molecular weight is 285 g/mol. The summed E-state index contributed by atoms with van der Waals surface area (Å²) in [6.07, 6.45) is 6.74. The van der Waals surface area contributed by atoms with Crippen molar-refractivity contribution in [3.05, 3.63) is 42.0 Å². The van der Waals surface area contributed by atoms with Crippen molar-refractivity contribution in [1.29, 1.82) is 0 Å². The molecule has 2 unspecified atom stereocenters. The molecule has 1 heterocycles. The molecule has 2 amide bonds. The maximum Gasteiger partial charge on any atom is 0.238 e. The van der Waals surface area contributed by atoms with Gasteiger partial charge in [-0.1, -0.05) is 24.3 Å². The molecule has 21 heavy (non-hydrogen) atoms. The smallest absolute Gasteiger partial charge is 0.238 e. The predicted molar refractivity (Wildman–Crippen MR) is 79.7 cm³/mol. The van der Waals surface area contributed by atoms with Crippen LogP contribution in [0.5, 0.6) is 0 Å². The van der Waals surface area contributed by atoms with Gasteiger partial charge in [0.1, 0.15) is 0 Å². The van der Waals surface area contributed by atoms with Gasteiger partial charge in [-0.15, -0.1) is 0 Å². The van der Waals surface area contributed by atoms with Crippen molar-refractivity contribution in [2.75, 3.05) is 11.5 Å². The summed E-state index contributed by atoms with van der Waals surface area (Å²) in [5.41, 5.74) is 1.70. The largest absolute Gasteiger partial charge is 0.396 e. The Bertz CT molecular complexity index is 567. The summed E-state index contributed by atoms with van der Waals surface area (Å²) in [7, 11) is 0. The number of aliphatic hydroxyl groups excluding tert-OH is 1. The molecule has 1 saturated heterocycles. The highest BCUT2D eigenvalue weighted by Crippen LogP contribution is 2.37. The minimum absolute atomic E-state index is 0.0753. The highest BCUT2D eigenvalue weighted by Gasteiger charge is 2.47. The molecule has 1 aliphatic carbocycles. The van der Waals surface area contributed by atoms with Crippen molar-refractivity contribution < 1.29 is 14.7 Å². The lowest BCUT2D eigenvalue weighted by atomic mass is 9.85. The van der Waals surface area contributed by atoms with Crippen LogP contribution in [-0.4, -0.2) is 23.5 Å². The maximum absolute atomic E-state index is 12.5. The Morgan fingerprint density at radius 2 is 1.76 bits per heavy atom. The number of anilines is 1. The zero-order chi connectivity index (χ0) is 14.8. The van der Waals surface area contributed by atoms with Crippen LogP contribution < -0.4 is 4.90 Å². The van der Waals surface area contributed by atoms with Crippen molar-refractivity contribution in [1.82, 2.24) is 0 Å². The number of aryl methyl sites for hydroxylation is 1. The number of carbonyl (C=O) groups is 2. The van der Waals surface area contributed by atoms with Gasteiger partial charge < -0.3 is 5.11 Å². The van der Waals surface area contributed by atoms with Crippen LogP contribution >= 0.6 is 0 Å². The quantitative estimate of drug-likeness (QED) is 0.680. The molecule has 4 nitrogen and oxygen atoms in total. The normalized spacial score (nSPS) is 24.5. The summed E-state index contributed by atoms with van der Waals surface area (Å²) in [5.74, 6) is -0.533. The Labute approximate surface area is 124 Å². The van der Waals surface area contributed by atoms with E-state index in [1.165, 1.54) is 4.90 Å². The molecule has 0 spiro atoms. The van der Waals surface area contributed by atoms with Gasteiger partial charge in [0.25, 0.3) is 0 Å². The summed E-state index contributed by atoms with van der Waals surface area (Å²) < 4.78 is 0. The number of aliphatic hydroxyl groups is 1. The van der Waals surface area contributed by atoms with Crippen LogP contribution in [0, 0.1) is 11.8 Å². The monoisotopic (exact) mass is 285 g/mol. The van der Waals surface area contributed by atoms with Gasteiger partial charge in [-0.25, -0.2) is 0 Å². The number of fused-ring (bicyclic) bond motifs is 1. The second-order valence-electron chi connectivity index (χ2n) is 5.66. The second kappa shape index (κ2) is 5.82. The second-order valence-corrected chi connectivity index (χ2v) is 5.66. The maximum atomic E-state index is 12.5.